The number of benzene rings is 1. The van der Waals surface area contributed by atoms with Gasteiger partial charge in [0.05, 0.1) is 24.1 Å². The lowest BCUT2D eigenvalue weighted by Crippen LogP contribution is -2.06. The Kier molecular flexibility index (Phi) is 3.78. The third-order valence-corrected chi connectivity index (χ3v) is 2.57. The van der Waals surface area contributed by atoms with Crippen LogP contribution in [0.4, 0.5) is 13.2 Å². The fraction of sp³-hybridized carbons (Fsp3) is 0.231. The molecule has 4 nitrogen and oxygen atoms in total. The van der Waals surface area contributed by atoms with E-state index in [0.29, 0.717) is 11.3 Å². The molecular formula is C13H11F3N2O2. The summed E-state index contributed by atoms with van der Waals surface area (Å²) in [6, 6.07) is 4.57. The fourth-order valence-corrected chi connectivity index (χ4v) is 1.61. The van der Waals surface area contributed by atoms with Gasteiger partial charge >= 0.3 is 12.1 Å². The summed E-state index contributed by atoms with van der Waals surface area (Å²) in [6.07, 6.45) is -3.00. The van der Waals surface area contributed by atoms with Gasteiger partial charge in [-0.3, -0.25) is 0 Å². The van der Waals surface area contributed by atoms with E-state index in [1.54, 1.807) is 6.92 Å². The average Bonchev–Trinajstić information content (AvgIpc) is 2.88. The van der Waals surface area contributed by atoms with E-state index in [1.165, 1.54) is 18.3 Å². The molecule has 0 bridgehead atoms. The van der Waals surface area contributed by atoms with Crippen LogP contribution in [0.25, 0.3) is 11.3 Å². The summed E-state index contributed by atoms with van der Waals surface area (Å²) in [4.78, 5) is 17.9. The zero-order valence-electron chi connectivity index (χ0n) is 10.5. The summed E-state index contributed by atoms with van der Waals surface area (Å²) >= 11 is 0. The first-order chi connectivity index (χ1) is 9.41. The number of hydrogen-bond acceptors (Lipinski definition) is 3. The number of H-pyrrole nitrogens is 1. The van der Waals surface area contributed by atoms with Gasteiger partial charge in [-0.1, -0.05) is 12.1 Å². The second-order valence-electron chi connectivity index (χ2n) is 3.94. The third-order valence-electron chi connectivity index (χ3n) is 2.57. The highest BCUT2D eigenvalue weighted by Crippen LogP contribution is 2.30. The van der Waals surface area contributed by atoms with Gasteiger partial charge in [-0.25, -0.2) is 9.78 Å². The van der Waals surface area contributed by atoms with Crippen molar-refractivity contribution in [3.8, 4) is 11.3 Å². The standard InChI is InChI=1S/C13H11F3N2O2/c1-2-20-12(19)11-17-7-10(18-11)8-3-5-9(6-4-8)13(14,15)16/h3-7H,2H2,1H3,(H,17,18). The van der Waals surface area contributed by atoms with E-state index in [0.717, 1.165) is 12.1 Å². The van der Waals surface area contributed by atoms with Gasteiger partial charge in [-0.2, -0.15) is 13.2 Å². The molecule has 2 aromatic rings. The number of rotatable bonds is 3. The van der Waals surface area contributed by atoms with Gasteiger partial charge in [-0.05, 0) is 24.6 Å². The van der Waals surface area contributed by atoms with Gasteiger partial charge in [0.2, 0.25) is 5.82 Å². The Morgan fingerprint density at radius 1 is 1.30 bits per heavy atom. The van der Waals surface area contributed by atoms with Crippen LogP contribution in [0.5, 0.6) is 0 Å². The Morgan fingerprint density at radius 3 is 2.50 bits per heavy atom. The number of nitrogens with zero attached hydrogens (tertiary/aromatic N) is 1. The molecule has 7 heteroatoms. The van der Waals surface area contributed by atoms with E-state index < -0.39 is 17.7 Å². The Labute approximate surface area is 112 Å². The molecule has 106 valence electrons. The lowest BCUT2D eigenvalue weighted by Gasteiger charge is -2.06. The van der Waals surface area contributed by atoms with Crippen molar-refractivity contribution in [1.29, 1.82) is 0 Å². The lowest BCUT2D eigenvalue weighted by molar-refractivity contribution is -0.137. The molecule has 0 aliphatic rings. The Bertz CT molecular complexity index is 603. The second-order valence-corrected chi connectivity index (χ2v) is 3.94. The molecule has 0 spiro atoms. The fourth-order valence-electron chi connectivity index (χ4n) is 1.61. The molecule has 2 rings (SSSR count). The number of aromatic amines is 1. The van der Waals surface area contributed by atoms with Crippen LogP contribution in [0.15, 0.2) is 30.5 Å². The topological polar surface area (TPSA) is 55.0 Å². The van der Waals surface area contributed by atoms with Crippen LogP contribution in [-0.4, -0.2) is 22.5 Å². The predicted octanol–water partition coefficient (Wildman–Crippen LogP) is 3.27. The SMILES string of the molecule is CCOC(=O)c1ncc(-c2ccc(C(F)(F)F)cc2)[nH]1. The molecular weight excluding hydrogens is 273 g/mol. The molecule has 0 amide bonds. The minimum atomic E-state index is -4.37. The van der Waals surface area contributed by atoms with Crippen molar-refractivity contribution in [2.45, 2.75) is 13.1 Å². The van der Waals surface area contributed by atoms with E-state index in [2.05, 4.69) is 9.97 Å². The van der Waals surface area contributed by atoms with Crippen LogP contribution in [0.2, 0.25) is 0 Å². The van der Waals surface area contributed by atoms with Crippen LogP contribution in [0, 0.1) is 0 Å². The van der Waals surface area contributed by atoms with Crippen LogP contribution >= 0.6 is 0 Å². The number of nitrogens with one attached hydrogen (secondary N) is 1. The van der Waals surface area contributed by atoms with Gasteiger partial charge in [0.1, 0.15) is 0 Å². The normalized spacial score (nSPS) is 11.4. The van der Waals surface area contributed by atoms with Gasteiger partial charge in [-0.15, -0.1) is 0 Å². The predicted molar refractivity (Wildman–Crippen MR) is 65.0 cm³/mol. The van der Waals surface area contributed by atoms with Gasteiger partial charge in [0.25, 0.3) is 0 Å². The summed E-state index contributed by atoms with van der Waals surface area (Å²) in [7, 11) is 0. The summed E-state index contributed by atoms with van der Waals surface area (Å²) in [5.74, 6) is -0.590. The Balaban J connectivity index is 2.22. The summed E-state index contributed by atoms with van der Waals surface area (Å²) in [5.41, 5.74) is 0.217. The smallest absolute Gasteiger partial charge is 0.416 e. The van der Waals surface area contributed by atoms with E-state index in [9.17, 15) is 18.0 Å². The first-order valence-electron chi connectivity index (χ1n) is 5.81. The molecule has 20 heavy (non-hydrogen) atoms. The second kappa shape index (κ2) is 5.36. The molecule has 0 radical (unpaired) electrons. The maximum absolute atomic E-state index is 12.4. The third kappa shape index (κ3) is 2.98. The van der Waals surface area contributed by atoms with Crippen LogP contribution < -0.4 is 0 Å². The highest BCUT2D eigenvalue weighted by molar-refractivity contribution is 5.86. The van der Waals surface area contributed by atoms with Gasteiger partial charge < -0.3 is 9.72 Å². The van der Waals surface area contributed by atoms with Crippen molar-refractivity contribution in [2.24, 2.45) is 0 Å². The van der Waals surface area contributed by atoms with Crippen LogP contribution in [-0.2, 0) is 10.9 Å². The van der Waals surface area contributed by atoms with Crippen molar-refractivity contribution in [2.75, 3.05) is 6.61 Å². The maximum atomic E-state index is 12.4. The molecule has 1 N–H and O–H groups in total. The van der Waals surface area contributed by atoms with E-state index in [1.807, 2.05) is 0 Å². The number of ether oxygens (including phenoxy) is 1. The number of esters is 1. The van der Waals surface area contributed by atoms with E-state index in [4.69, 9.17) is 4.74 Å². The Hall–Kier alpha value is -2.31. The molecule has 0 saturated heterocycles. The number of hydrogen-bond donors (Lipinski definition) is 1. The van der Waals surface area contributed by atoms with Crippen molar-refractivity contribution in [3.63, 3.8) is 0 Å². The molecule has 1 aromatic heterocycles. The number of carbonyl (C=O) groups excluding carboxylic acids is 1. The number of aromatic nitrogens is 2. The van der Waals surface area contributed by atoms with Crippen LogP contribution in [0.1, 0.15) is 23.1 Å². The number of halogens is 3. The van der Waals surface area contributed by atoms with Crippen molar-refractivity contribution in [3.05, 3.63) is 41.9 Å². The molecule has 1 heterocycles. The molecule has 0 aliphatic heterocycles. The largest absolute Gasteiger partial charge is 0.460 e. The summed E-state index contributed by atoms with van der Waals surface area (Å²) < 4.78 is 42.1. The molecule has 0 unspecified atom stereocenters. The first-order valence-corrected chi connectivity index (χ1v) is 5.81. The highest BCUT2D eigenvalue weighted by atomic mass is 19.4. The highest BCUT2D eigenvalue weighted by Gasteiger charge is 2.30. The minimum absolute atomic E-state index is 0.0155. The van der Waals surface area contributed by atoms with Gasteiger partial charge in [0, 0.05) is 0 Å². The maximum Gasteiger partial charge on any atom is 0.416 e. The molecule has 0 aliphatic carbocycles. The molecule has 0 saturated carbocycles. The summed E-state index contributed by atoms with van der Waals surface area (Å²) in [6.45, 7) is 1.88. The summed E-state index contributed by atoms with van der Waals surface area (Å²) in [5, 5.41) is 0. The van der Waals surface area contributed by atoms with Gasteiger partial charge in [0.15, 0.2) is 0 Å². The average molecular weight is 284 g/mol. The molecule has 0 atom stereocenters. The molecule has 1 aromatic carbocycles. The number of imidazole rings is 1. The lowest BCUT2D eigenvalue weighted by atomic mass is 10.1. The van der Waals surface area contributed by atoms with Crippen molar-refractivity contribution in [1.82, 2.24) is 9.97 Å². The van der Waals surface area contributed by atoms with E-state index >= 15 is 0 Å². The molecule has 0 fully saturated rings. The zero-order valence-corrected chi connectivity index (χ0v) is 10.5. The number of alkyl halides is 3. The van der Waals surface area contributed by atoms with Crippen molar-refractivity contribution >= 4 is 5.97 Å². The zero-order chi connectivity index (χ0) is 14.8. The minimum Gasteiger partial charge on any atom is -0.460 e. The number of carbonyl (C=O) groups is 1. The monoisotopic (exact) mass is 284 g/mol. The van der Waals surface area contributed by atoms with Crippen molar-refractivity contribution < 1.29 is 22.7 Å². The van der Waals surface area contributed by atoms with Crippen LogP contribution in [0.3, 0.4) is 0 Å². The quantitative estimate of drug-likeness (QED) is 0.880. The Morgan fingerprint density at radius 2 is 1.95 bits per heavy atom. The first kappa shape index (κ1) is 14.1. The van der Waals surface area contributed by atoms with E-state index in [-0.39, 0.29) is 12.4 Å².